The van der Waals surface area contributed by atoms with Gasteiger partial charge in [-0.3, -0.25) is 14.4 Å². The third kappa shape index (κ3) is 4.52. The summed E-state index contributed by atoms with van der Waals surface area (Å²) in [7, 11) is 0. The molecule has 7 heteroatoms. The maximum atomic E-state index is 12.3. The Morgan fingerprint density at radius 2 is 1.56 bits per heavy atom. The van der Waals surface area contributed by atoms with Gasteiger partial charge in [0.1, 0.15) is 0 Å². The summed E-state index contributed by atoms with van der Waals surface area (Å²) in [6.07, 6.45) is 1.21. The summed E-state index contributed by atoms with van der Waals surface area (Å²) >= 11 is 0. The van der Waals surface area contributed by atoms with Gasteiger partial charge in [-0.05, 0) is 50.2 Å². The van der Waals surface area contributed by atoms with Gasteiger partial charge in [0.2, 0.25) is 12.7 Å². The van der Waals surface area contributed by atoms with Crippen molar-refractivity contribution in [2.24, 2.45) is 0 Å². The average molecular weight is 366 g/mol. The molecule has 2 aromatic rings. The molecule has 2 amide bonds. The molecule has 0 aliphatic carbocycles. The van der Waals surface area contributed by atoms with Crippen molar-refractivity contribution in [3.05, 3.63) is 59.7 Å². The predicted molar refractivity (Wildman–Crippen MR) is 100 cm³/mol. The Bertz CT molecular complexity index is 932. The molecule has 1 heterocycles. The highest BCUT2D eigenvalue weighted by molar-refractivity contribution is 6.10. The molecule has 7 nitrogen and oxygen atoms in total. The van der Waals surface area contributed by atoms with Crippen molar-refractivity contribution >= 4 is 29.0 Å². The minimum Gasteiger partial charge on any atom is -0.454 e. The minimum absolute atomic E-state index is 0.0520. The summed E-state index contributed by atoms with van der Waals surface area (Å²) < 4.78 is 10.5. The number of anilines is 2. The van der Waals surface area contributed by atoms with Crippen LogP contribution in [0.1, 0.15) is 24.2 Å². The van der Waals surface area contributed by atoms with Crippen LogP contribution in [0.15, 0.2) is 54.1 Å². The number of amides is 2. The lowest BCUT2D eigenvalue weighted by Crippen LogP contribution is -2.16. The molecule has 2 aromatic carbocycles. The normalized spacial score (nSPS) is 12.4. The van der Waals surface area contributed by atoms with Gasteiger partial charge in [0.05, 0.1) is 0 Å². The first kappa shape index (κ1) is 18.2. The van der Waals surface area contributed by atoms with Crippen molar-refractivity contribution in [3.8, 4) is 11.5 Å². The van der Waals surface area contributed by atoms with Gasteiger partial charge in [-0.25, -0.2) is 0 Å². The first-order chi connectivity index (χ1) is 12.9. The number of ketones is 1. The lowest BCUT2D eigenvalue weighted by atomic mass is 10.1. The van der Waals surface area contributed by atoms with E-state index in [2.05, 4.69) is 10.6 Å². The van der Waals surface area contributed by atoms with E-state index >= 15 is 0 Å². The maximum absolute atomic E-state index is 12.3. The smallest absolute Gasteiger partial charge is 0.251 e. The van der Waals surface area contributed by atoms with Crippen LogP contribution in [0.3, 0.4) is 0 Å². The van der Waals surface area contributed by atoms with Gasteiger partial charge in [-0.2, -0.15) is 0 Å². The molecule has 0 unspecified atom stereocenters. The molecule has 1 aliphatic heterocycles. The average Bonchev–Trinajstić information content (AvgIpc) is 3.09. The fourth-order valence-corrected chi connectivity index (χ4v) is 2.43. The number of rotatable bonds is 5. The highest BCUT2D eigenvalue weighted by atomic mass is 16.7. The summed E-state index contributed by atoms with van der Waals surface area (Å²) in [6.45, 7) is 3.17. The van der Waals surface area contributed by atoms with Crippen LogP contribution in [0.2, 0.25) is 0 Å². The number of carbonyl (C=O) groups excluding carboxylic acids is 3. The lowest BCUT2D eigenvalue weighted by molar-refractivity contribution is -0.114. The molecule has 0 radical (unpaired) electrons. The van der Waals surface area contributed by atoms with Crippen LogP contribution in [0.25, 0.3) is 0 Å². The summed E-state index contributed by atoms with van der Waals surface area (Å²) in [4.78, 5) is 35.6. The van der Waals surface area contributed by atoms with Gasteiger partial charge in [0, 0.05) is 34.7 Å². The number of nitrogens with one attached hydrogen (secondary N) is 2. The van der Waals surface area contributed by atoms with E-state index in [1.807, 2.05) is 0 Å². The van der Waals surface area contributed by atoms with E-state index in [4.69, 9.17) is 9.47 Å². The van der Waals surface area contributed by atoms with E-state index in [1.54, 1.807) is 49.4 Å². The second-order valence-corrected chi connectivity index (χ2v) is 5.97. The Hall–Kier alpha value is -3.61. The van der Waals surface area contributed by atoms with E-state index in [0.29, 0.717) is 28.4 Å². The summed E-state index contributed by atoms with van der Waals surface area (Å²) in [6, 6.07) is 11.6. The second-order valence-electron chi connectivity index (χ2n) is 5.97. The van der Waals surface area contributed by atoms with E-state index in [0.717, 1.165) is 0 Å². The zero-order chi connectivity index (χ0) is 19.4. The zero-order valence-corrected chi connectivity index (χ0v) is 14.9. The van der Waals surface area contributed by atoms with Crippen molar-refractivity contribution in [1.29, 1.82) is 0 Å². The number of ether oxygens (including phenoxy) is 2. The third-order valence-electron chi connectivity index (χ3n) is 3.90. The number of hydrogen-bond donors (Lipinski definition) is 2. The topological polar surface area (TPSA) is 93.7 Å². The van der Waals surface area contributed by atoms with Crippen LogP contribution in [0, 0.1) is 0 Å². The van der Waals surface area contributed by atoms with Crippen LogP contribution >= 0.6 is 0 Å². The fraction of sp³-hybridized carbons (Fsp3) is 0.150. The van der Waals surface area contributed by atoms with Crippen molar-refractivity contribution < 1.29 is 23.9 Å². The first-order valence-corrected chi connectivity index (χ1v) is 8.23. The molecule has 27 heavy (non-hydrogen) atoms. The van der Waals surface area contributed by atoms with Crippen molar-refractivity contribution in [2.75, 3.05) is 17.4 Å². The van der Waals surface area contributed by atoms with Crippen molar-refractivity contribution in [3.63, 3.8) is 0 Å². The monoisotopic (exact) mass is 366 g/mol. The molecular formula is C20H18N2O5. The largest absolute Gasteiger partial charge is 0.454 e. The van der Waals surface area contributed by atoms with Crippen LogP contribution in [0.5, 0.6) is 11.5 Å². The highest BCUT2D eigenvalue weighted by Crippen LogP contribution is 2.34. The van der Waals surface area contributed by atoms with Gasteiger partial charge in [-0.15, -0.1) is 0 Å². The highest BCUT2D eigenvalue weighted by Gasteiger charge is 2.15. The molecule has 0 saturated heterocycles. The molecular weight excluding hydrogens is 348 g/mol. The zero-order valence-electron chi connectivity index (χ0n) is 14.9. The Morgan fingerprint density at radius 1 is 0.889 bits per heavy atom. The Labute approximate surface area is 156 Å². The minimum atomic E-state index is -0.441. The number of Topliss-reactive ketones (excluding diaryl/α,β-unsaturated/α-hetero) is 1. The Kier molecular flexibility index (Phi) is 5.21. The van der Waals surface area contributed by atoms with E-state index in [-0.39, 0.29) is 18.1 Å². The number of fused-ring (bicyclic) bond motifs is 1. The quantitative estimate of drug-likeness (QED) is 0.626. The molecule has 0 aromatic heterocycles. The summed E-state index contributed by atoms with van der Waals surface area (Å²) in [5.74, 6) is 0.278. The Morgan fingerprint density at radius 3 is 2.26 bits per heavy atom. The van der Waals surface area contributed by atoms with Crippen molar-refractivity contribution in [1.82, 2.24) is 0 Å². The maximum Gasteiger partial charge on any atom is 0.251 e. The molecule has 0 spiro atoms. The third-order valence-corrected chi connectivity index (χ3v) is 3.90. The molecule has 0 atom stereocenters. The standard InChI is InChI=1S/C20H18N2O5/c1-12(9-19(24)21-15-5-3-14(4-6-15)13(2)23)20(25)22-16-7-8-17-18(10-16)27-11-26-17/h3-10H,11H2,1-2H3,(H,21,24)(H,22,25)/b12-9-. The molecule has 3 rings (SSSR count). The van der Waals surface area contributed by atoms with Gasteiger partial charge in [0.25, 0.3) is 5.91 Å². The van der Waals surface area contributed by atoms with Gasteiger partial charge >= 0.3 is 0 Å². The van der Waals surface area contributed by atoms with Gasteiger partial charge in [-0.1, -0.05) is 0 Å². The van der Waals surface area contributed by atoms with Gasteiger partial charge < -0.3 is 20.1 Å². The molecule has 1 aliphatic rings. The van der Waals surface area contributed by atoms with E-state index < -0.39 is 11.8 Å². The van der Waals surface area contributed by atoms with Crippen LogP contribution < -0.4 is 20.1 Å². The molecule has 0 fully saturated rings. The van der Waals surface area contributed by atoms with Crippen LogP contribution in [-0.4, -0.2) is 24.4 Å². The molecule has 0 bridgehead atoms. The van der Waals surface area contributed by atoms with Crippen molar-refractivity contribution in [2.45, 2.75) is 13.8 Å². The lowest BCUT2D eigenvalue weighted by Gasteiger charge is -2.07. The predicted octanol–water partition coefficient (Wildman–Crippen LogP) is 3.14. The van der Waals surface area contributed by atoms with Crippen LogP contribution in [0.4, 0.5) is 11.4 Å². The second kappa shape index (κ2) is 7.74. The molecule has 2 N–H and O–H groups in total. The molecule has 0 saturated carbocycles. The first-order valence-electron chi connectivity index (χ1n) is 8.23. The number of carbonyl (C=O) groups is 3. The number of benzene rings is 2. The van der Waals surface area contributed by atoms with Gasteiger partial charge in [0.15, 0.2) is 17.3 Å². The van der Waals surface area contributed by atoms with E-state index in [9.17, 15) is 14.4 Å². The SMILES string of the molecule is CC(=O)c1ccc(NC(=O)/C=C(/C)C(=O)Nc2ccc3c(c2)OCO3)cc1. The van der Waals surface area contributed by atoms with Crippen LogP contribution in [-0.2, 0) is 9.59 Å². The molecule has 138 valence electrons. The fourth-order valence-electron chi connectivity index (χ4n) is 2.43. The van der Waals surface area contributed by atoms with E-state index in [1.165, 1.54) is 13.0 Å². The summed E-state index contributed by atoms with van der Waals surface area (Å²) in [5.41, 5.74) is 1.87. The Balaban J connectivity index is 1.60. The summed E-state index contributed by atoms with van der Waals surface area (Å²) in [5, 5.41) is 5.35. The number of hydrogen-bond acceptors (Lipinski definition) is 5.